The lowest BCUT2D eigenvalue weighted by Gasteiger charge is -2.17. The molecule has 1 aliphatic heterocycles. The van der Waals surface area contributed by atoms with Crippen LogP contribution in [0.2, 0.25) is 0 Å². The second kappa shape index (κ2) is 8.86. The van der Waals surface area contributed by atoms with Gasteiger partial charge in [0.25, 0.3) is 0 Å². The highest BCUT2D eigenvalue weighted by Crippen LogP contribution is 2.28. The van der Waals surface area contributed by atoms with Gasteiger partial charge >= 0.3 is 0 Å². The lowest BCUT2D eigenvalue weighted by molar-refractivity contribution is -0.120. The van der Waals surface area contributed by atoms with Crippen molar-refractivity contribution in [2.24, 2.45) is 0 Å². The number of carbonyl (C=O) groups excluding carboxylic acids is 1. The van der Waals surface area contributed by atoms with Gasteiger partial charge in [-0.3, -0.25) is 4.79 Å². The van der Waals surface area contributed by atoms with Crippen LogP contribution in [0.1, 0.15) is 29.0 Å². The molecule has 0 bridgehead atoms. The number of hydrogen-bond donors (Lipinski definition) is 1. The summed E-state index contributed by atoms with van der Waals surface area (Å²) in [5.74, 6) is 1.42. The second-order valence-electron chi connectivity index (χ2n) is 6.98. The van der Waals surface area contributed by atoms with Crippen molar-refractivity contribution >= 4 is 5.91 Å². The Morgan fingerprint density at radius 2 is 1.96 bits per heavy atom. The summed E-state index contributed by atoms with van der Waals surface area (Å²) in [6.45, 7) is 5.96. The van der Waals surface area contributed by atoms with Crippen LogP contribution in [0.15, 0.2) is 48.5 Å². The molecule has 1 unspecified atom stereocenters. The smallest absolute Gasteiger partial charge is 0.224 e. The van der Waals surface area contributed by atoms with Crippen LogP contribution in [0, 0.1) is 6.92 Å². The predicted octanol–water partition coefficient (Wildman–Crippen LogP) is 3.15. The second-order valence-corrected chi connectivity index (χ2v) is 6.98. The lowest BCUT2D eigenvalue weighted by Crippen LogP contribution is -2.34. The first kappa shape index (κ1) is 18.5. The van der Waals surface area contributed by atoms with Gasteiger partial charge in [0, 0.05) is 25.2 Å². The normalized spacial score (nSPS) is 17.2. The summed E-state index contributed by atoms with van der Waals surface area (Å²) in [7, 11) is 1.63. The highest BCUT2D eigenvalue weighted by Gasteiger charge is 2.24. The number of amides is 1. The Bertz CT molecular complexity index is 744. The molecule has 1 fully saturated rings. The molecule has 3 rings (SSSR count). The van der Waals surface area contributed by atoms with E-state index in [0.29, 0.717) is 18.9 Å². The Kier molecular flexibility index (Phi) is 6.29. The van der Waals surface area contributed by atoms with Crippen molar-refractivity contribution in [3.8, 4) is 5.75 Å². The molecule has 1 N–H and O–H groups in total. The molecule has 138 valence electrons. The maximum Gasteiger partial charge on any atom is 0.224 e. The quantitative estimate of drug-likeness (QED) is 0.832. The number of ether oxygens (including phenoxy) is 1. The first-order valence-electron chi connectivity index (χ1n) is 9.34. The van der Waals surface area contributed by atoms with Crippen molar-refractivity contribution in [3.63, 3.8) is 0 Å². The molecule has 4 nitrogen and oxygen atoms in total. The molecule has 1 amide bonds. The lowest BCUT2D eigenvalue weighted by atomic mass is 9.94. The van der Waals surface area contributed by atoms with Crippen molar-refractivity contribution < 1.29 is 9.53 Å². The Labute approximate surface area is 156 Å². The van der Waals surface area contributed by atoms with Gasteiger partial charge in [0.15, 0.2) is 0 Å². The minimum Gasteiger partial charge on any atom is -0.496 e. The van der Waals surface area contributed by atoms with Gasteiger partial charge in [-0.15, -0.1) is 0 Å². The molecule has 0 saturated carbocycles. The minimum absolute atomic E-state index is 0.0455. The summed E-state index contributed by atoms with van der Waals surface area (Å²) in [6, 6.07) is 16.3. The number of hydrogen-bond acceptors (Lipinski definition) is 3. The summed E-state index contributed by atoms with van der Waals surface area (Å²) in [5.41, 5.74) is 3.77. The van der Waals surface area contributed by atoms with Crippen molar-refractivity contribution in [2.75, 3.05) is 33.3 Å². The van der Waals surface area contributed by atoms with Gasteiger partial charge in [-0.05, 0) is 43.0 Å². The van der Waals surface area contributed by atoms with E-state index in [2.05, 4.69) is 41.4 Å². The Balaban J connectivity index is 1.43. The molecule has 1 saturated heterocycles. The van der Waals surface area contributed by atoms with Gasteiger partial charge in [0.05, 0.1) is 13.5 Å². The Morgan fingerprint density at radius 3 is 2.77 bits per heavy atom. The fourth-order valence-electron chi connectivity index (χ4n) is 3.77. The molecule has 0 radical (unpaired) electrons. The van der Waals surface area contributed by atoms with Crippen molar-refractivity contribution in [3.05, 3.63) is 65.2 Å². The zero-order valence-electron chi connectivity index (χ0n) is 15.7. The molecule has 2 aromatic carbocycles. The zero-order chi connectivity index (χ0) is 18.4. The molecule has 26 heavy (non-hydrogen) atoms. The number of carbonyl (C=O) groups is 1. The van der Waals surface area contributed by atoms with Gasteiger partial charge in [0.2, 0.25) is 5.91 Å². The summed E-state index contributed by atoms with van der Waals surface area (Å²) in [4.78, 5) is 14.6. The van der Waals surface area contributed by atoms with E-state index in [1.807, 2.05) is 24.3 Å². The molecule has 1 aliphatic rings. The molecular weight excluding hydrogens is 324 g/mol. The predicted molar refractivity (Wildman–Crippen MR) is 105 cm³/mol. The number of aryl methyl sites for hydroxylation is 1. The van der Waals surface area contributed by atoms with Gasteiger partial charge in [-0.1, -0.05) is 42.5 Å². The van der Waals surface area contributed by atoms with Crippen LogP contribution in [-0.4, -0.2) is 44.1 Å². The summed E-state index contributed by atoms with van der Waals surface area (Å²) >= 11 is 0. The third kappa shape index (κ3) is 4.64. The number of likely N-dealkylation sites (tertiary alicyclic amines) is 1. The zero-order valence-corrected chi connectivity index (χ0v) is 15.7. The average molecular weight is 352 g/mol. The van der Waals surface area contributed by atoms with E-state index in [1.165, 1.54) is 17.5 Å². The third-order valence-corrected chi connectivity index (χ3v) is 5.19. The van der Waals surface area contributed by atoms with Crippen LogP contribution in [0.5, 0.6) is 5.75 Å². The number of benzene rings is 2. The highest BCUT2D eigenvalue weighted by atomic mass is 16.5. The molecule has 1 atom stereocenters. The maximum atomic E-state index is 12.2. The molecule has 0 aromatic heterocycles. The first-order valence-corrected chi connectivity index (χ1v) is 9.34. The van der Waals surface area contributed by atoms with Gasteiger partial charge in [-0.25, -0.2) is 0 Å². The molecule has 0 spiro atoms. The Morgan fingerprint density at radius 1 is 1.19 bits per heavy atom. The van der Waals surface area contributed by atoms with Crippen molar-refractivity contribution in [1.29, 1.82) is 0 Å². The van der Waals surface area contributed by atoms with E-state index in [1.54, 1.807) is 7.11 Å². The van der Waals surface area contributed by atoms with E-state index in [9.17, 15) is 4.79 Å². The van der Waals surface area contributed by atoms with E-state index in [4.69, 9.17) is 4.74 Å². The van der Waals surface area contributed by atoms with Crippen LogP contribution < -0.4 is 10.1 Å². The molecule has 4 heteroatoms. The summed E-state index contributed by atoms with van der Waals surface area (Å²) in [5, 5.41) is 3.04. The van der Waals surface area contributed by atoms with Crippen molar-refractivity contribution in [1.82, 2.24) is 10.2 Å². The van der Waals surface area contributed by atoms with Crippen LogP contribution >= 0.6 is 0 Å². The summed E-state index contributed by atoms with van der Waals surface area (Å²) in [6.07, 6.45) is 1.55. The number of para-hydroxylation sites is 1. The highest BCUT2D eigenvalue weighted by molar-refractivity contribution is 5.79. The summed E-state index contributed by atoms with van der Waals surface area (Å²) < 4.78 is 5.31. The molecule has 1 heterocycles. The van der Waals surface area contributed by atoms with E-state index >= 15 is 0 Å². The fourth-order valence-corrected chi connectivity index (χ4v) is 3.77. The van der Waals surface area contributed by atoms with Crippen LogP contribution in [0.4, 0.5) is 0 Å². The molecule has 0 aliphatic carbocycles. The SMILES string of the molecule is COc1ccccc1CC(=O)NCCN1CCC(c2ccccc2C)C1. The van der Waals surface area contributed by atoms with Gasteiger partial charge in [-0.2, -0.15) is 0 Å². The van der Waals surface area contributed by atoms with Crippen molar-refractivity contribution in [2.45, 2.75) is 25.7 Å². The minimum atomic E-state index is 0.0455. The van der Waals surface area contributed by atoms with Crippen LogP contribution in [0.3, 0.4) is 0 Å². The number of rotatable bonds is 7. The van der Waals surface area contributed by atoms with Crippen LogP contribution in [0.25, 0.3) is 0 Å². The third-order valence-electron chi connectivity index (χ3n) is 5.19. The van der Waals surface area contributed by atoms with E-state index in [-0.39, 0.29) is 5.91 Å². The number of methoxy groups -OCH3 is 1. The van der Waals surface area contributed by atoms with E-state index in [0.717, 1.165) is 30.9 Å². The molecule has 2 aromatic rings. The van der Waals surface area contributed by atoms with Gasteiger partial charge < -0.3 is 15.0 Å². The molecular formula is C22H28N2O2. The standard InChI is InChI=1S/C22H28N2O2/c1-17-7-3-5-9-20(17)19-11-13-24(16-19)14-12-23-22(25)15-18-8-4-6-10-21(18)26-2/h3-10,19H,11-16H2,1-2H3,(H,23,25). The number of nitrogens with zero attached hydrogens (tertiary/aromatic N) is 1. The topological polar surface area (TPSA) is 41.6 Å². The number of nitrogens with one attached hydrogen (secondary N) is 1. The maximum absolute atomic E-state index is 12.2. The monoisotopic (exact) mass is 352 g/mol. The fraction of sp³-hybridized carbons (Fsp3) is 0.409. The Hall–Kier alpha value is -2.33. The first-order chi connectivity index (χ1) is 12.7. The van der Waals surface area contributed by atoms with Gasteiger partial charge in [0.1, 0.15) is 5.75 Å². The van der Waals surface area contributed by atoms with E-state index < -0.39 is 0 Å². The largest absolute Gasteiger partial charge is 0.496 e. The van der Waals surface area contributed by atoms with Crippen LogP contribution in [-0.2, 0) is 11.2 Å². The average Bonchev–Trinajstić information content (AvgIpc) is 3.11.